The topological polar surface area (TPSA) is 55.4 Å². The van der Waals surface area contributed by atoms with Crippen LogP contribution in [-0.2, 0) is 4.74 Å². The van der Waals surface area contributed by atoms with Crippen molar-refractivity contribution in [2.24, 2.45) is 0 Å². The van der Waals surface area contributed by atoms with Gasteiger partial charge >= 0.3 is 5.97 Å². The van der Waals surface area contributed by atoms with Crippen LogP contribution in [-0.4, -0.2) is 19.0 Å². The standard InChI is InChI=1S/C21H17F2NO3S/c1-11-7-9-13(10-8-11)16-12(2)28-20(18(16)21(26)27-3)24-19(25)17-14(22)5-4-6-15(17)23/h4-10H,1-3H3,(H,24,25). The number of nitrogens with one attached hydrogen (secondary N) is 1. The maximum Gasteiger partial charge on any atom is 0.341 e. The molecule has 0 bridgehead atoms. The number of ether oxygens (including phenoxy) is 1. The van der Waals surface area contributed by atoms with Crippen LogP contribution in [0.25, 0.3) is 11.1 Å². The van der Waals surface area contributed by atoms with Crippen molar-refractivity contribution in [2.75, 3.05) is 12.4 Å². The number of aryl methyl sites for hydroxylation is 2. The van der Waals surface area contributed by atoms with Crippen LogP contribution >= 0.6 is 11.3 Å². The van der Waals surface area contributed by atoms with E-state index in [4.69, 9.17) is 4.74 Å². The molecule has 144 valence electrons. The molecule has 0 unspecified atom stereocenters. The molecule has 3 rings (SSSR count). The molecule has 0 spiro atoms. The fourth-order valence-electron chi connectivity index (χ4n) is 2.88. The molecule has 3 aromatic rings. The number of esters is 1. The molecule has 0 fully saturated rings. The van der Waals surface area contributed by atoms with Crippen molar-refractivity contribution in [3.05, 3.63) is 75.7 Å². The van der Waals surface area contributed by atoms with E-state index in [1.165, 1.54) is 13.2 Å². The highest BCUT2D eigenvalue weighted by atomic mass is 32.1. The zero-order chi connectivity index (χ0) is 20.4. The smallest absolute Gasteiger partial charge is 0.341 e. The van der Waals surface area contributed by atoms with Crippen molar-refractivity contribution in [1.82, 2.24) is 0 Å². The van der Waals surface area contributed by atoms with Crippen molar-refractivity contribution >= 4 is 28.2 Å². The van der Waals surface area contributed by atoms with Gasteiger partial charge in [0.2, 0.25) is 0 Å². The summed E-state index contributed by atoms with van der Waals surface area (Å²) in [5.41, 5.74) is 1.89. The molecule has 0 aliphatic heterocycles. The van der Waals surface area contributed by atoms with Gasteiger partial charge in [0.1, 0.15) is 27.8 Å². The molecule has 0 aliphatic rings. The zero-order valence-electron chi connectivity index (χ0n) is 15.4. The van der Waals surface area contributed by atoms with Gasteiger partial charge < -0.3 is 10.1 Å². The van der Waals surface area contributed by atoms with E-state index in [2.05, 4.69) is 5.32 Å². The monoisotopic (exact) mass is 401 g/mol. The van der Waals surface area contributed by atoms with Gasteiger partial charge in [0.05, 0.1) is 7.11 Å². The molecule has 0 radical (unpaired) electrons. The second-order valence-corrected chi connectivity index (χ2v) is 7.37. The van der Waals surface area contributed by atoms with Crippen molar-refractivity contribution in [3.63, 3.8) is 0 Å². The van der Waals surface area contributed by atoms with Crippen molar-refractivity contribution in [3.8, 4) is 11.1 Å². The molecule has 1 aromatic heterocycles. The number of benzene rings is 2. The predicted molar refractivity (Wildman–Crippen MR) is 105 cm³/mol. The van der Waals surface area contributed by atoms with Crippen molar-refractivity contribution < 1.29 is 23.1 Å². The van der Waals surface area contributed by atoms with Gasteiger partial charge in [-0.3, -0.25) is 4.79 Å². The molecule has 0 aliphatic carbocycles. The second-order valence-electron chi connectivity index (χ2n) is 6.15. The molecule has 1 heterocycles. The third-order valence-corrected chi connectivity index (χ3v) is 5.25. The van der Waals surface area contributed by atoms with E-state index in [1.54, 1.807) is 6.92 Å². The Morgan fingerprint density at radius 2 is 1.57 bits per heavy atom. The van der Waals surface area contributed by atoms with Crippen LogP contribution in [0.4, 0.5) is 13.8 Å². The van der Waals surface area contributed by atoms with E-state index < -0.39 is 29.1 Å². The Labute approximate surface area is 164 Å². The Morgan fingerprint density at radius 1 is 0.964 bits per heavy atom. The number of methoxy groups -OCH3 is 1. The fourth-order valence-corrected chi connectivity index (χ4v) is 3.94. The van der Waals surface area contributed by atoms with Gasteiger partial charge in [-0.25, -0.2) is 13.6 Å². The molecule has 0 saturated heterocycles. The maximum absolute atomic E-state index is 13.9. The van der Waals surface area contributed by atoms with Gasteiger partial charge in [-0.1, -0.05) is 35.9 Å². The molecule has 4 nitrogen and oxygen atoms in total. The number of hydrogen-bond donors (Lipinski definition) is 1. The summed E-state index contributed by atoms with van der Waals surface area (Å²) in [7, 11) is 1.23. The number of anilines is 1. The lowest BCUT2D eigenvalue weighted by Crippen LogP contribution is -2.17. The lowest BCUT2D eigenvalue weighted by atomic mass is 10.0. The fraction of sp³-hybridized carbons (Fsp3) is 0.143. The highest BCUT2D eigenvalue weighted by Gasteiger charge is 2.26. The van der Waals surface area contributed by atoms with Gasteiger partial charge in [-0.2, -0.15) is 0 Å². The first-order valence-corrected chi connectivity index (χ1v) is 9.19. The minimum Gasteiger partial charge on any atom is -0.465 e. The summed E-state index contributed by atoms with van der Waals surface area (Å²) in [6.45, 7) is 3.74. The second kappa shape index (κ2) is 7.90. The highest BCUT2D eigenvalue weighted by molar-refractivity contribution is 7.17. The van der Waals surface area contributed by atoms with E-state index in [-0.39, 0.29) is 10.6 Å². The van der Waals surface area contributed by atoms with E-state index in [1.807, 2.05) is 31.2 Å². The third kappa shape index (κ3) is 3.66. The number of carbonyl (C=O) groups is 2. The van der Waals surface area contributed by atoms with Crippen LogP contribution in [0.2, 0.25) is 0 Å². The number of halogens is 2. The van der Waals surface area contributed by atoms with Gasteiger partial charge in [0.25, 0.3) is 5.91 Å². The van der Waals surface area contributed by atoms with Crippen molar-refractivity contribution in [1.29, 1.82) is 0 Å². The summed E-state index contributed by atoms with van der Waals surface area (Å²) in [6, 6.07) is 10.7. The van der Waals surface area contributed by atoms with E-state index in [9.17, 15) is 18.4 Å². The minimum absolute atomic E-state index is 0.152. The SMILES string of the molecule is COC(=O)c1c(NC(=O)c2c(F)cccc2F)sc(C)c1-c1ccc(C)cc1. The molecule has 2 aromatic carbocycles. The molecular weight excluding hydrogens is 384 g/mol. The molecule has 1 N–H and O–H groups in total. The van der Waals surface area contributed by atoms with Gasteiger partial charge in [-0.15, -0.1) is 11.3 Å². The molecule has 28 heavy (non-hydrogen) atoms. The molecule has 7 heteroatoms. The zero-order valence-corrected chi connectivity index (χ0v) is 16.2. The summed E-state index contributed by atoms with van der Waals surface area (Å²) < 4.78 is 32.7. The Kier molecular flexibility index (Phi) is 5.56. The third-order valence-electron chi connectivity index (χ3n) is 4.23. The summed E-state index contributed by atoms with van der Waals surface area (Å²) in [5, 5.41) is 2.64. The van der Waals surface area contributed by atoms with Crippen LogP contribution in [0, 0.1) is 25.5 Å². The molecule has 0 saturated carbocycles. The molecular formula is C21H17F2NO3S. The van der Waals surface area contributed by atoms with Gasteiger partial charge in [0, 0.05) is 10.4 Å². The Bertz CT molecular complexity index is 1040. The Hall–Kier alpha value is -3.06. The van der Waals surface area contributed by atoms with Gasteiger partial charge in [-0.05, 0) is 31.5 Å². The summed E-state index contributed by atoms with van der Waals surface area (Å²) in [6.07, 6.45) is 0. The average Bonchev–Trinajstić information content (AvgIpc) is 2.97. The van der Waals surface area contributed by atoms with Crippen LogP contribution in [0.3, 0.4) is 0 Å². The summed E-state index contributed by atoms with van der Waals surface area (Å²) in [4.78, 5) is 25.7. The minimum atomic E-state index is -0.982. The number of thiophene rings is 1. The maximum atomic E-state index is 13.9. The van der Waals surface area contributed by atoms with Crippen LogP contribution in [0.15, 0.2) is 42.5 Å². The van der Waals surface area contributed by atoms with Crippen molar-refractivity contribution in [2.45, 2.75) is 13.8 Å². The van der Waals surface area contributed by atoms with Crippen LogP contribution < -0.4 is 5.32 Å². The van der Waals surface area contributed by atoms with E-state index in [0.717, 1.165) is 39.5 Å². The highest BCUT2D eigenvalue weighted by Crippen LogP contribution is 2.40. The largest absolute Gasteiger partial charge is 0.465 e. The lowest BCUT2D eigenvalue weighted by molar-refractivity contribution is 0.0603. The van der Waals surface area contributed by atoms with E-state index in [0.29, 0.717) is 5.56 Å². The first kappa shape index (κ1) is 19.7. The first-order chi connectivity index (χ1) is 13.3. The average molecular weight is 401 g/mol. The number of hydrogen-bond acceptors (Lipinski definition) is 4. The first-order valence-electron chi connectivity index (χ1n) is 8.37. The van der Waals surface area contributed by atoms with E-state index >= 15 is 0 Å². The van der Waals surface area contributed by atoms with Gasteiger partial charge in [0.15, 0.2) is 0 Å². The summed E-state index contributed by atoms with van der Waals surface area (Å²) >= 11 is 1.14. The predicted octanol–water partition coefficient (Wildman–Crippen LogP) is 5.35. The molecule has 0 atom stereocenters. The Morgan fingerprint density at radius 3 is 2.14 bits per heavy atom. The number of carbonyl (C=O) groups excluding carboxylic acids is 2. The summed E-state index contributed by atoms with van der Waals surface area (Å²) in [5.74, 6) is -3.59. The normalized spacial score (nSPS) is 10.6. The van der Waals surface area contributed by atoms with Crippen LogP contribution in [0.5, 0.6) is 0 Å². The van der Waals surface area contributed by atoms with Crippen LogP contribution in [0.1, 0.15) is 31.2 Å². The number of rotatable bonds is 4. The number of amides is 1. The quantitative estimate of drug-likeness (QED) is 0.600. The molecule has 1 amide bonds. The lowest BCUT2D eigenvalue weighted by Gasteiger charge is -2.09. The Balaban J connectivity index is 2.09.